The Labute approximate surface area is 360 Å². The SMILES string of the molecule is c1ccc(-c2cccc(N(c3cccc(-c4cccc5c4Oc4c(ccc6c4-c4ccccc4C64c6ccccc6-c6ccccc64)O5)c3)c3ccc4ccccc4c3)c2)cc1. The van der Waals surface area contributed by atoms with Crippen molar-refractivity contribution in [1.29, 1.82) is 0 Å². The molecule has 0 N–H and O–H groups in total. The van der Waals surface area contributed by atoms with Crippen LogP contribution in [0, 0.1) is 0 Å². The molecule has 1 heterocycles. The van der Waals surface area contributed by atoms with Crippen molar-refractivity contribution in [3.63, 3.8) is 0 Å². The van der Waals surface area contributed by atoms with Crippen LogP contribution in [-0.4, -0.2) is 0 Å². The van der Waals surface area contributed by atoms with Crippen LogP contribution in [0.5, 0.6) is 23.0 Å². The van der Waals surface area contributed by atoms with Crippen molar-refractivity contribution in [2.75, 3.05) is 4.90 Å². The molecule has 10 aromatic carbocycles. The minimum absolute atomic E-state index is 0.477. The van der Waals surface area contributed by atoms with E-state index in [1.165, 1.54) is 55.3 Å². The van der Waals surface area contributed by atoms with Gasteiger partial charge in [0, 0.05) is 28.2 Å². The second-order valence-electron chi connectivity index (χ2n) is 16.4. The van der Waals surface area contributed by atoms with Gasteiger partial charge in [0.2, 0.25) is 0 Å². The van der Waals surface area contributed by atoms with Crippen molar-refractivity contribution < 1.29 is 9.47 Å². The first kappa shape index (κ1) is 34.7. The second-order valence-corrected chi connectivity index (χ2v) is 16.4. The van der Waals surface area contributed by atoms with Gasteiger partial charge in [-0.1, -0.05) is 176 Å². The summed E-state index contributed by atoms with van der Waals surface area (Å²) in [6, 6.07) is 80.6. The van der Waals surface area contributed by atoms with E-state index in [-0.39, 0.29) is 0 Å². The highest BCUT2D eigenvalue weighted by Crippen LogP contribution is 2.66. The van der Waals surface area contributed by atoms with Gasteiger partial charge in [-0.15, -0.1) is 0 Å². The quantitative estimate of drug-likeness (QED) is 0.173. The van der Waals surface area contributed by atoms with Gasteiger partial charge in [0.1, 0.15) is 0 Å². The van der Waals surface area contributed by atoms with Gasteiger partial charge in [-0.05, 0) is 115 Å². The molecule has 1 aliphatic heterocycles. The van der Waals surface area contributed by atoms with Crippen LogP contribution in [0.4, 0.5) is 17.1 Å². The minimum Gasteiger partial charge on any atom is -0.449 e. The van der Waals surface area contributed by atoms with E-state index in [1.54, 1.807) is 0 Å². The van der Waals surface area contributed by atoms with Gasteiger partial charge in [-0.3, -0.25) is 0 Å². The summed E-state index contributed by atoms with van der Waals surface area (Å²) in [6.45, 7) is 0. The van der Waals surface area contributed by atoms with Crippen LogP contribution in [-0.2, 0) is 5.41 Å². The van der Waals surface area contributed by atoms with Crippen molar-refractivity contribution in [1.82, 2.24) is 0 Å². The smallest absolute Gasteiger partial charge is 0.178 e. The maximum absolute atomic E-state index is 7.29. The summed E-state index contributed by atoms with van der Waals surface area (Å²) in [5, 5.41) is 2.39. The van der Waals surface area contributed by atoms with Crippen LogP contribution in [0.2, 0.25) is 0 Å². The molecule has 3 heteroatoms. The summed E-state index contributed by atoms with van der Waals surface area (Å²) < 4.78 is 14.1. The third-order valence-corrected chi connectivity index (χ3v) is 13.1. The largest absolute Gasteiger partial charge is 0.449 e. The summed E-state index contributed by atoms with van der Waals surface area (Å²) >= 11 is 0. The summed E-state index contributed by atoms with van der Waals surface area (Å²) in [7, 11) is 0. The molecule has 0 radical (unpaired) electrons. The fourth-order valence-electron chi connectivity index (χ4n) is 10.5. The maximum atomic E-state index is 7.29. The first-order valence-electron chi connectivity index (χ1n) is 21.2. The van der Waals surface area contributed by atoms with Crippen molar-refractivity contribution in [3.05, 3.63) is 247 Å². The van der Waals surface area contributed by atoms with E-state index < -0.39 is 5.41 Å². The standard InChI is InChI=1S/C59H37NO2/c1-2-15-38(16-3-1)41-19-12-21-43(35-41)60(45-32-31-39-17-4-5-18-40(39)36-45)44-22-13-20-42(37-44)46-26-14-30-54-57(46)62-58-55(61-54)34-33-53-56(58)49-25-8-11-29-52(49)59(53)50-27-9-6-23-47(50)48-24-7-10-28-51(48)59/h1-37H. The van der Waals surface area contributed by atoms with Crippen LogP contribution in [0.3, 0.4) is 0 Å². The van der Waals surface area contributed by atoms with E-state index in [4.69, 9.17) is 9.47 Å². The number of hydrogen-bond acceptors (Lipinski definition) is 3. The molecular formula is C59H37NO2. The lowest BCUT2D eigenvalue weighted by atomic mass is 9.70. The molecule has 0 unspecified atom stereocenters. The van der Waals surface area contributed by atoms with E-state index in [0.717, 1.165) is 45.1 Å². The molecule has 62 heavy (non-hydrogen) atoms. The number of benzene rings is 10. The monoisotopic (exact) mass is 791 g/mol. The number of fused-ring (bicyclic) bond motifs is 14. The highest BCUT2D eigenvalue weighted by molar-refractivity contribution is 5.98. The van der Waals surface area contributed by atoms with Crippen LogP contribution < -0.4 is 14.4 Å². The molecule has 290 valence electrons. The van der Waals surface area contributed by atoms with Gasteiger partial charge in [0.15, 0.2) is 23.0 Å². The molecule has 0 aromatic heterocycles. The van der Waals surface area contributed by atoms with E-state index in [0.29, 0.717) is 17.2 Å². The first-order valence-corrected chi connectivity index (χ1v) is 21.2. The van der Waals surface area contributed by atoms with E-state index >= 15 is 0 Å². The van der Waals surface area contributed by atoms with Crippen LogP contribution in [0.1, 0.15) is 22.3 Å². The average Bonchev–Trinajstić information content (AvgIpc) is 3.81. The zero-order chi connectivity index (χ0) is 40.8. The van der Waals surface area contributed by atoms with Crippen molar-refractivity contribution in [2.24, 2.45) is 0 Å². The Morgan fingerprint density at radius 1 is 0.306 bits per heavy atom. The molecule has 2 aliphatic carbocycles. The van der Waals surface area contributed by atoms with Crippen LogP contribution in [0.15, 0.2) is 224 Å². The first-order chi connectivity index (χ1) is 30.7. The summed E-state index contributed by atoms with van der Waals surface area (Å²) in [6.07, 6.45) is 0. The fourth-order valence-corrected chi connectivity index (χ4v) is 10.5. The Kier molecular flexibility index (Phi) is 7.52. The molecule has 0 bridgehead atoms. The Bertz CT molecular complexity index is 3400. The lowest BCUT2D eigenvalue weighted by Gasteiger charge is -2.31. The minimum atomic E-state index is -0.477. The lowest BCUT2D eigenvalue weighted by Crippen LogP contribution is -2.25. The van der Waals surface area contributed by atoms with E-state index in [2.05, 4.69) is 223 Å². The summed E-state index contributed by atoms with van der Waals surface area (Å²) in [5.74, 6) is 2.87. The molecule has 0 amide bonds. The van der Waals surface area contributed by atoms with Gasteiger partial charge in [-0.2, -0.15) is 0 Å². The molecule has 3 aliphatic rings. The number of anilines is 3. The molecule has 3 nitrogen and oxygen atoms in total. The molecule has 1 spiro atoms. The molecule has 0 saturated carbocycles. The topological polar surface area (TPSA) is 21.7 Å². The maximum Gasteiger partial charge on any atom is 0.178 e. The Balaban J connectivity index is 0.960. The predicted octanol–water partition coefficient (Wildman–Crippen LogP) is 15.9. The third kappa shape index (κ3) is 5.00. The summed E-state index contributed by atoms with van der Waals surface area (Å²) in [5.41, 5.74) is 16.9. The van der Waals surface area contributed by atoms with E-state index in [1.807, 2.05) is 6.07 Å². The molecule has 13 rings (SSSR count). The van der Waals surface area contributed by atoms with Crippen LogP contribution in [0.25, 0.3) is 55.3 Å². The third-order valence-electron chi connectivity index (χ3n) is 13.1. The Morgan fingerprint density at radius 2 is 0.855 bits per heavy atom. The fraction of sp³-hybridized carbons (Fsp3) is 0.0169. The van der Waals surface area contributed by atoms with Gasteiger partial charge in [-0.25, -0.2) is 0 Å². The van der Waals surface area contributed by atoms with Crippen molar-refractivity contribution >= 4 is 27.8 Å². The highest BCUT2D eigenvalue weighted by Gasteiger charge is 2.53. The van der Waals surface area contributed by atoms with Gasteiger partial charge in [0.05, 0.1) is 5.41 Å². The normalized spacial score (nSPS) is 13.2. The highest BCUT2D eigenvalue weighted by atomic mass is 16.6. The second kappa shape index (κ2) is 13.4. The van der Waals surface area contributed by atoms with Gasteiger partial charge >= 0.3 is 0 Å². The number of ether oxygens (including phenoxy) is 2. The number of nitrogens with zero attached hydrogens (tertiary/aromatic N) is 1. The zero-order valence-corrected chi connectivity index (χ0v) is 33.6. The van der Waals surface area contributed by atoms with Gasteiger partial charge in [0.25, 0.3) is 0 Å². The predicted molar refractivity (Wildman–Crippen MR) is 252 cm³/mol. The Morgan fingerprint density at radius 3 is 1.61 bits per heavy atom. The zero-order valence-electron chi connectivity index (χ0n) is 33.6. The average molecular weight is 792 g/mol. The molecule has 0 saturated heterocycles. The molecule has 0 fully saturated rings. The van der Waals surface area contributed by atoms with Crippen molar-refractivity contribution in [2.45, 2.75) is 5.41 Å². The van der Waals surface area contributed by atoms with Crippen molar-refractivity contribution in [3.8, 4) is 67.5 Å². The van der Waals surface area contributed by atoms with Crippen LogP contribution >= 0.6 is 0 Å². The van der Waals surface area contributed by atoms with Gasteiger partial charge < -0.3 is 14.4 Å². The summed E-state index contributed by atoms with van der Waals surface area (Å²) in [4.78, 5) is 2.35. The molecule has 10 aromatic rings. The number of para-hydroxylation sites is 1. The molecular weight excluding hydrogens is 755 g/mol. The van der Waals surface area contributed by atoms with E-state index in [9.17, 15) is 0 Å². The number of rotatable bonds is 5. The lowest BCUT2D eigenvalue weighted by molar-refractivity contribution is 0.361. The Hall–Kier alpha value is -8.14. The molecule has 0 atom stereocenters. The number of hydrogen-bond donors (Lipinski definition) is 0.